The summed E-state index contributed by atoms with van der Waals surface area (Å²) in [4.78, 5) is 6.15. The Hall–Kier alpha value is -0.450. The van der Waals surface area contributed by atoms with Gasteiger partial charge in [-0.05, 0) is 32.2 Å². The number of hydrogen-bond acceptors (Lipinski definition) is 4. The highest BCUT2D eigenvalue weighted by atomic mass is 32.1. The molecule has 3 nitrogen and oxygen atoms in total. The van der Waals surface area contributed by atoms with Crippen LogP contribution in [0.15, 0.2) is 0 Å². The number of hydrogen-bond donors (Lipinski definition) is 1. The van der Waals surface area contributed by atoms with E-state index >= 15 is 0 Å². The molecule has 0 aliphatic heterocycles. The van der Waals surface area contributed by atoms with Gasteiger partial charge in [-0.25, -0.2) is 4.98 Å². The van der Waals surface area contributed by atoms with Gasteiger partial charge in [0.1, 0.15) is 10.6 Å². The van der Waals surface area contributed by atoms with E-state index in [1.807, 2.05) is 18.4 Å². The lowest BCUT2D eigenvalue weighted by Gasteiger charge is -2.24. The van der Waals surface area contributed by atoms with Crippen LogP contribution in [0.1, 0.15) is 55.1 Å². The number of methoxy groups -OCH3 is 1. The van der Waals surface area contributed by atoms with Crippen LogP contribution in [0, 0.1) is 12.8 Å². The molecule has 108 valence electrons. The van der Waals surface area contributed by atoms with E-state index in [1.165, 1.54) is 28.4 Å². The first-order chi connectivity index (χ1) is 9.07. The molecule has 0 saturated heterocycles. The van der Waals surface area contributed by atoms with Crippen LogP contribution in [0.5, 0.6) is 0 Å². The van der Waals surface area contributed by atoms with Crippen molar-refractivity contribution in [1.29, 1.82) is 0 Å². The summed E-state index contributed by atoms with van der Waals surface area (Å²) in [7, 11) is 1.83. The second-order valence-corrected chi connectivity index (χ2v) is 7.04. The van der Waals surface area contributed by atoms with Gasteiger partial charge in [0.2, 0.25) is 0 Å². The fourth-order valence-corrected chi connectivity index (χ4v) is 3.97. The summed E-state index contributed by atoms with van der Waals surface area (Å²) in [6.45, 7) is 8.57. The molecule has 1 heterocycles. The predicted octanol–water partition coefficient (Wildman–Crippen LogP) is 3.61. The minimum absolute atomic E-state index is 0.0915. The molecule has 1 saturated carbocycles. The van der Waals surface area contributed by atoms with Gasteiger partial charge in [0.05, 0.1) is 5.69 Å². The molecular weight excluding hydrogens is 256 g/mol. The van der Waals surface area contributed by atoms with Crippen molar-refractivity contribution in [2.75, 3.05) is 13.7 Å². The molecule has 0 amide bonds. The topological polar surface area (TPSA) is 34.1 Å². The maximum atomic E-state index is 5.82. The zero-order valence-corrected chi connectivity index (χ0v) is 13.4. The lowest BCUT2D eigenvalue weighted by Crippen LogP contribution is -2.24. The van der Waals surface area contributed by atoms with Crippen molar-refractivity contribution in [2.24, 2.45) is 5.92 Å². The first-order valence-corrected chi connectivity index (χ1v) is 8.12. The fraction of sp³-hybridized carbons (Fsp3) is 0.800. The first-order valence-electron chi connectivity index (χ1n) is 7.30. The number of nitrogens with zero attached hydrogens (tertiary/aromatic N) is 1. The van der Waals surface area contributed by atoms with Crippen LogP contribution in [-0.4, -0.2) is 18.6 Å². The van der Waals surface area contributed by atoms with E-state index in [0.717, 1.165) is 25.9 Å². The van der Waals surface area contributed by atoms with Crippen LogP contribution in [0.25, 0.3) is 0 Å². The second kappa shape index (κ2) is 6.33. The molecule has 1 aromatic heterocycles. The van der Waals surface area contributed by atoms with Gasteiger partial charge in [-0.3, -0.25) is 0 Å². The summed E-state index contributed by atoms with van der Waals surface area (Å²) < 4.78 is 5.82. The highest BCUT2D eigenvalue weighted by Gasteiger charge is 2.38. The molecule has 0 aromatic carbocycles. The SMILES string of the molecule is COC1(c2nc(C)c(CNCC(C)C)s2)CCCC1. The molecule has 1 fully saturated rings. The highest BCUT2D eigenvalue weighted by molar-refractivity contribution is 7.11. The Morgan fingerprint density at radius 2 is 2.05 bits per heavy atom. The number of thiazole rings is 1. The monoisotopic (exact) mass is 282 g/mol. The fourth-order valence-electron chi connectivity index (χ4n) is 2.71. The number of aromatic nitrogens is 1. The Balaban J connectivity index is 2.07. The van der Waals surface area contributed by atoms with Crippen molar-refractivity contribution >= 4 is 11.3 Å². The van der Waals surface area contributed by atoms with Gasteiger partial charge in [-0.1, -0.05) is 26.7 Å². The molecule has 19 heavy (non-hydrogen) atoms. The summed E-state index contributed by atoms with van der Waals surface area (Å²) in [5.74, 6) is 0.688. The largest absolute Gasteiger partial charge is 0.371 e. The molecule has 0 unspecified atom stereocenters. The summed E-state index contributed by atoms with van der Waals surface area (Å²) in [6, 6.07) is 0. The summed E-state index contributed by atoms with van der Waals surface area (Å²) >= 11 is 1.83. The van der Waals surface area contributed by atoms with Crippen LogP contribution in [0.4, 0.5) is 0 Å². The Labute approximate surface area is 120 Å². The summed E-state index contributed by atoms with van der Waals surface area (Å²) in [5.41, 5.74) is 1.07. The Bertz CT molecular complexity index is 408. The predicted molar refractivity (Wildman–Crippen MR) is 80.6 cm³/mol. The lowest BCUT2D eigenvalue weighted by atomic mass is 10.0. The molecule has 2 rings (SSSR count). The normalized spacial score (nSPS) is 18.4. The van der Waals surface area contributed by atoms with Gasteiger partial charge >= 0.3 is 0 Å². The molecule has 0 radical (unpaired) electrons. The zero-order valence-electron chi connectivity index (χ0n) is 12.6. The van der Waals surface area contributed by atoms with Crippen LogP contribution in [-0.2, 0) is 16.9 Å². The van der Waals surface area contributed by atoms with Crippen molar-refractivity contribution in [3.63, 3.8) is 0 Å². The second-order valence-electron chi connectivity index (χ2n) is 5.96. The van der Waals surface area contributed by atoms with E-state index in [2.05, 4.69) is 26.1 Å². The van der Waals surface area contributed by atoms with E-state index in [-0.39, 0.29) is 5.60 Å². The zero-order chi connectivity index (χ0) is 13.9. The van der Waals surface area contributed by atoms with Crippen molar-refractivity contribution < 1.29 is 4.74 Å². The van der Waals surface area contributed by atoms with Crippen LogP contribution in [0.3, 0.4) is 0 Å². The van der Waals surface area contributed by atoms with Gasteiger partial charge < -0.3 is 10.1 Å². The quantitative estimate of drug-likeness (QED) is 0.865. The number of nitrogens with one attached hydrogen (secondary N) is 1. The summed E-state index contributed by atoms with van der Waals surface area (Å²) in [5, 5.41) is 4.69. The molecule has 0 spiro atoms. The smallest absolute Gasteiger partial charge is 0.125 e. The minimum atomic E-state index is -0.0915. The van der Waals surface area contributed by atoms with Crippen molar-refractivity contribution in [3.05, 3.63) is 15.6 Å². The standard InChI is InChI=1S/C15H26N2OS/c1-11(2)9-16-10-13-12(3)17-14(19-13)15(18-4)7-5-6-8-15/h11,16H,5-10H2,1-4H3. The van der Waals surface area contributed by atoms with E-state index < -0.39 is 0 Å². The number of ether oxygens (including phenoxy) is 1. The maximum Gasteiger partial charge on any atom is 0.125 e. The molecule has 1 aliphatic carbocycles. The van der Waals surface area contributed by atoms with E-state index in [9.17, 15) is 0 Å². The average Bonchev–Trinajstić information content (AvgIpc) is 2.97. The molecular formula is C15H26N2OS. The number of aryl methyl sites for hydroxylation is 1. The third-order valence-electron chi connectivity index (χ3n) is 3.92. The highest BCUT2D eigenvalue weighted by Crippen LogP contribution is 2.43. The molecule has 4 heteroatoms. The molecule has 1 aliphatic rings. The summed E-state index contributed by atoms with van der Waals surface area (Å²) in [6.07, 6.45) is 4.76. The van der Waals surface area contributed by atoms with E-state index in [1.54, 1.807) is 0 Å². The van der Waals surface area contributed by atoms with Gasteiger partial charge in [-0.2, -0.15) is 0 Å². The molecule has 1 aromatic rings. The maximum absolute atomic E-state index is 5.82. The molecule has 0 atom stereocenters. The third-order valence-corrected chi connectivity index (χ3v) is 5.27. The van der Waals surface area contributed by atoms with Crippen LogP contribution in [0.2, 0.25) is 0 Å². The van der Waals surface area contributed by atoms with E-state index in [4.69, 9.17) is 9.72 Å². The van der Waals surface area contributed by atoms with Gasteiger partial charge in [0.25, 0.3) is 0 Å². The first kappa shape index (κ1) is 14.9. The van der Waals surface area contributed by atoms with E-state index in [0.29, 0.717) is 5.92 Å². The minimum Gasteiger partial charge on any atom is -0.371 e. The lowest BCUT2D eigenvalue weighted by molar-refractivity contribution is -0.00893. The van der Waals surface area contributed by atoms with Crippen molar-refractivity contribution in [1.82, 2.24) is 10.3 Å². The van der Waals surface area contributed by atoms with Gasteiger partial charge in [-0.15, -0.1) is 11.3 Å². The molecule has 1 N–H and O–H groups in total. The Kier molecular flexibility index (Phi) is 4.98. The Morgan fingerprint density at radius 1 is 1.37 bits per heavy atom. The Morgan fingerprint density at radius 3 is 2.63 bits per heavy atom. The van der Waals surface area contributed by atoms with Crippen LogP contribution < -0.4 is 5.32 Å². The van der Waals surface area contributed by atoms with Crippen molar-refractivity contribution in [2.45, 2.75) is 58.6 Å². The average molecular weight is 282 g/mol. The molecule has 0 bridgehead atoms. The van der Waals surface area contributed by atoms with Gasteiger partial charge in [0.15, 0.2) is 0 Å². The number of rotatable bonds is 6. The van der Waals surface area contributed by atoms with Crippen molar-refractivity contribution in [3.8, 4) is 0 Å². The van der Waals surface area contributed by atoms with Gasteiger partial charge in [0, 0.05) is 18.5 Å². The third kappa shape index (κ3) is 3.36. The van der Waals surface area contributed by atoms with Crippen LogP contribution >= 0.6 is 11.3 Å².